The zero-order valence-corrected chi connectivity index (χ0v) is 11.7. The van der Waals surface area contributed by atoms with Crippen LogP contribution in [0.25, 0.3) is 0 Å². The molecule has 1 fully saturated rings. The van der Waals surface area contributed by atoms with Crippen molar-refractivity contribution >= 4 is 5.69 Å². The number of nitrogens with two attached hydrogens (primary N) is 1. The molecule has 2 N–H and O–H groups in total. The van der Waals surface area contributed by atoms with E-state index in [2.05, 4.69) is 11.8 Å². The van der Waals surface area contributed by atoms with E-state index in [4.69, 9.17) is 5.73 Å². The smallest absolute Gasteiger partial charge is 0.371 e. The van der Waals surface area contributed by atoms with Crippen LogP contribution in [0.4, 0.5) is 18.9 Å². The molecule has 0 unspecified atom stereocenters. The van der Waals surface area contributed by atoms with Crippen molar-refractivity contribution in [1.82, 2.24) is 0 Å². The lowest BCUT2D eigenvalue weighted by molar-refractivity contribution is -0.137. The summed E-state index contributed by atoms with van der Waals surface area (Å²) in [4.78, 5) is 2.18. The zero-order chi connectivity index (χ0) is 14.8. The number of nitrogens with zero attached hydrogens (tertiary/aromatic N) is 1. The van der Waals surface area contributed by atoms with Crippen molar-refractivity contribution in [2.24, 2.45) is 11.7 Å². The molecule has 1 aliphatic carbocycles. The van der Waals surface area contributed by atoms with Gasteiger partial charge in [0.05, 0.1) is 5.56 Å². The lowest BCUT2D eigenvalue weighted by atomic mass is 10.1. The van der Waals surface area contributed by atoms with E-state index in [1.54, 1.807) is 6.07 Å². The van der Waals surface area contributed by atoms with Crippen molar-refractivity contribution in [1.29, 1.82) is 0 Å². The zero-order valence-electron chi connectivity index (χ0n) is 11.7. The average molecular weight is 286 g/mol. The fourth-order valence-electron chi connectivity index (χ4n) is 2.43. The third-order valence-corrected chi connectivity index (χ3v) is 3.64. The molecule has 1 aromatic carbocycles. The summed E-state index contributed by atoms with van der Waals surface area (Å²) in [7, 11) is 0. The second-order valence-electron chi connectivity index (χ2n) is 5.43. The van der Waals surface area contributed by atoms with Gasteiger partial charge in [-0.1, -0.05) is 6.92 Å². The number of anilines is 1. The van der Waals surface area contributed by atoms with Crippen LogP contribution in [-0.2, 0) is 12.7 Å². The summed E-state index contributed by atoms with van der Waals surface area (Å²) in [6, 6.07) is 3.91. The van der Waals surface area contributed by atoms with Crippen LogP contribution in [0, 0.1) is 5.92 Å². The number of benzene rings is 1. The van der Waals surface area contributed by atoms with E-state index in [9.17, 15) is 13.2 Å². The normalized spacial score (nSPS) is 15.4. The summed E-state index contributed by atoms with van der Waals surface area (Å²) < 4.78 is 38.3. The highest BCUT2D eigenvalue weighted by molar-refractivity contribution is 5.55. The van der Waals surface area contributed by atoms with Crippen molar-refractivity contribution in [3.8, 4) is 0 Å². The van der Waals surface area contributed by atoms with Crippen molar-refractivity contribution in [2.45, 2.75) is 38.9 Å². The van der Waals surface area contributed by atoms with Gasteiger partial charge in [0.15, 0.2) is 0 Å². The van der Waals surface area contributed by atoms with Gasteiger partial charge >= 0.3 is 6.18 Å². The molecule has 0 bridgehead atoms. The van der Waals surface area contributed by atoms with Gasteiger partial charge in [-0.05, 0) is 48.9 Å². The summed E-state index contributed by atoms with van der Waals surface area (Å²) in [6.07, 6.45) is -0.899. The molecule has 0 aromatic heterocycles. The maximum Gasteiger partial charge on any atom is 0.416 e. The molecule has 0 amide bonds. The van der Waals surface area contributed by atoms with Gasteiger partial charge in [0.25, 0.3) is 0 Å². The molecule has 112 valence electrons. The van der Waals surface area contributed by atoms with Crippen LogP contribution in [-0.4, -0.2) is 13.1 Å². The Bertz CT molecular complexity index is 453. The second-order valence-corrected chi connectivity index (χ2v) is 5.43. The van der Waals surface area contributed by atoms with Crippen LogP contribution < -0.4 is 10.6 Å². The first-order valence-corrected chi connectivity index (χ1v) is 7.10. The Morgan fingerprint density at radius 1 is 1.30 bits per heavy atom. The molecule has 0 atom stereocenters. The molecule has 0 saturated heterocycles. The third kappa shape index (κ3) is 3.66. The topological polar surface area (TPSA) is 29.3 Å². The Morgan fingerprint density at radius 2 is 2.00 bits per heavy atom. The van der Waals surface area contributed by atoms with Gasteiger partial charge in [0.1, 0.15) is 0 Å². The van der Waals surface area contributed by atoms with Crippen LogP contribution >= 0.6 is 0 Å². The highest BCUT2D eigenvalue weighted by atomic mass is 19.4. The van der Waals surface area contributed by atoms with Crippen molar-refractivity contribution in [3.63, 3.8) is 0 Å². The van der Waals surface area contributed by atoms with Crippen LogP contribution in [0.2, 0.25) is 0 Å². The van der Waals surface area contributed by atoms with E-state index in [1.165, 1.54) is 18.9 Å². The van der Waals surface area contributed by atoms with Gasteiger partial charge in [0, 0.05) is 25.3 Å². The molecule has 2 nitrogen and oxygen atoms in total. The molecule has 0 spiro atoms. The molecular weight excluding hydrogens is 265 g/mol. The third-order valence-electron chi connectivity index (χ3n) is 3.64. The highest BCUT2D eigenvalue weighted by Crippen LogP contribution is 2.35. The Morgan fingerprint density at radius 3 is 2.50 bits per heavy atom. The largest absolute Gasteiger partial charge is 0.416 e. The van der Waals surface area contributed by atoms with E-state index >= 15 is 0 Å². The number of hydrogen-bond donors (Lipinski definition) is 1. The van der Waals surface area contributed by atoms with Gasteiger partial charge in [-0.2, -0.15) is 13.2 Å². The van der Waals surface area contributed by atoms with Gasteiger partial charge < -0.3 is 10.6 Å². The summed E-state index contributed by atoms with van der Waals surface area (Å²) in [5.41, 5.74) is 6.46. The standard InChI is InChI=1S/C15H21F3N2/c1-2-7-20(10-11-3-4-11)14-6-5-13(15(16,17)18)8-12(14)9-19/h5-6,8,11H,2-4,7,9-10,19H2,1H3. The summed E-state index contributed by atoms with van der Waals surface area (Å²) in [5.74, 6) is 0.689. The number of halogens is 3. The van der Waals surface area contributed by atoms with Crippen molar-refractivity contribution < 1.29 is 13.2 Å². The van der Waals surface area contributed by atoms with Gasteiger partial charge in [-0.3, -0.25) is 0 Å². The lowest BCUT2D eigenvalue weighted by Gasteiger charge is -2.27. The number of alkyl halides is 3. The fraction of sp³-hybridized carbons (Fsp3) is 0.600. The second kappa shape index (κ2) is 6.04. The Kier molecular flexibility index (Phi) is 4.58. The number of rotatable bonds is 6. The van der Waals surface area contributed by atoms with Crippen LogP contribution in [0.5, 0.6) is 0 Å². The first-order chi connectivity index (χ1) is 9.45. The predicted octanol–water partition coefficient (Wildman–Crippen LogP) is 3.79. The minimum absolute atomic E-state index is 0.129. The molecule has 2 rings (SSSR count). The van der Waals surface area contributed by atoms with Crippen LogP contribution in [0.1, 0.15) is 37.3 Å². The molecule has 1 aliphatic rings. The van der Waals surface area contributed by atoms with Gasteiger partial charge in [0.2, 0.25) is 0 Å². The number of hydrogen-bond acceptors (Lipinski definition) is 2. The molecule has 1 saturated carbocycles. The molecule has 1 aromatic rings. The van der Waals surface area contributed by atoms with Gasteiger partial charge in [-0.25, -0.2) is 0 Å². The first kappa shape index (κ1) is 15.2. The lowest BCUT2D eigenvalue weighted by Crippen LogP contribution is -2.28. The van der Waals surface area contributed by atoms with Crippen LogP contribution in [0.3, 0.4) is 0 Å². The summed E-state index contributed by atoms with van der Waals surface area (Å²) in [5, 5.41) is 0. The van der Waals surface area contributed by atoms with E-state index in [0.29, 0.717) is 11.5 Å². The van der Waals surface area contributed by atoms with Crippen LogP contribution in [0.15, 0.2) is 18.2 Å². The maximum atomic E-state index is 12.8. The van der Waals surface area contributed by atoms with E-state index in [1.807, 2.05) is 0 Å². The van der Waals surface area contributed by atoms with Crippen molar-refractivity contribution in [3.05, 3.63) is 29.3 Å². The van der Waals surface area contributed by atoms with E-state index in [-0.39, 0.29) is 6.54 Å². The SMILES string of the molecule is CCCN(CC1CC1)c1ccc(C(F)(F)F)cc1CN. The minimum Gasteiger partial charge on any atom is -0.371 e. The minimum atomic E-state index is -4.31. The van der Waals surface area contributed by atoms with Gasteiger partial charge in [-0.15, -0.1) is 0 Å². The summed E-state index contributed by atoms with van der Waals surface area (Å²) >= 11 is 0. The average Bonchev–Trinajstić information content (AvgIpc) is 3.20. The van der Waals surface area contributed by atoms with Crippen molar-refractivity contribution in [2.75, 3.05) is 18.0 Å². The monoisotopic (exact) mass is 286 g/mol. The highest BCUT2D eigenvalue weighted by Gasteiger charge is 2.31. The molecular formula is C15H21F3N2. The predicted molar refractivity (Wildman–Crippen MR) is 74.6 cm³/mol. The first-order valence-electron chi connectivity index (χ1n) is 7.10. The Labute approximate surface area is 117 Å². The van der Waals surface area contributed by atoms with E-state index < -0.39 is 11.7 Å². The molecule has 20 heavy (non-hydrogen) atoms. The molecule has 0 heterocycles. The van der Waals surface area contributed by atoms with E-state index in [0.717, 1.165) is 31.3 Å². The Balaban J connectivity index is 2.28. The summed E-state index contributed by atoms with van der Waals surface area (Å²) in [6.45, 7) is 3.98. The fourth-order valence-corrected chi connectivity index (χ4v) is 2.43. The Hall–Kier alpha value is -1.23. The molecule has 0 aliphatic heterocycles. The quantitative estimate of drug-likeness (QED) is 0.862. The molecule has 5 heteroatoms. The maximum absolute atomic E-state index is 12.8. The molecule has 0 radical (unpaired) electrons.